The zero-order valence-electron chi connectivity index (χ0n) is 10.2. The fraction of sp³-hybridized carbons (Fsp3) is 0.286. The van der Waals surface area contributed by atoms with Crippen LogP contribution in [0.25, 0.3) is 0 Å². The SMILES string of the molecule is C=CCN(CC=C)c1cc(CNC)ccc1F. The van der Waals surface area contributed by atoms with E-state index in [1.54, 1.807) is 18.2 Å². The number of benzene rings is 1. The van der Waals surface area contributed by atoms with E-state index >= 15 is 0 Å². The van der Waals surface area contributed by atoms with Crippen LogP contribution in [0, 0.1) is 5.82 Å². The summed E-state index contributed by atoms with van der Waals surface area (Å²) >= 11 is 0. The topological polar surface area (TPSA) is 15.3 Å². The van der Waals surface area contributed by atoms with E-state index in [2.05, 4.69) is 18.5 Å². The summed E-state index contributed by atoms with van der Waals surface area (Å²) in [5.74, 6) is -0.214. The van der Waals surface area contributed by atoms with Crippen LogP contribution in [0.15, 0.2) is 43.5 Å². The number of nitrogens with zero attached hydrogens (tertiary/aromatic N) is 1. The Morgan fingerprint density at radius 1 is 1.29 bits per heavy atom. The molecule has 0 saturated carbocycles. The molecule has 0 atom stereocenters. The minimum Gasteiger partial charge on any atom is -0.362 e. The van der Waals surface area contributed by atoms with E-state index in [-0.39, 0.29) is 5.82 Å². The molecule has 0 radical (unpaired) electrons. The van der Waals surface area contributed by atoms with E-state index in [0.717, 1.165) is 12.1 Å². The molecular formula is C14H19FN2. The van der Waals surface area contributed by atoms with E-state index in [9.17, 15) is 4.39 Å². The molecular weight excluding hydrogens is 215 g/mol. The number of halogens is 1. The van der Waals surface area contributed by atoms with E-state index < -0.39 is 0 Å². The number of anilines is 1. The van der Waals surface area contributed by atoms with Gasteiger partial charge in [-0.2, -0.15) is 0 Å². The minimum atomic E-state index is -0.214. The van der Waals surface area contributed by atoms with Crippen LogP contribution in [0.2, 0.25) is 0 Å². The number of hydrogen-bond acceptors (Lipinski definition) is 2. The lowest BCUT2D eigenvalue weighted by atomic mass is 10.1. The van der Waals surface area contributed by atoms with Crippen LogP contribution in [0.5, 0.6) is 0 Å². The summed E-state index contributed by atoms with van der Waals surface area (Å²) in [5.41, 5.74) is 1.65. The molecule has 0 heterocycles. The van der Waals surface area contributed by atoms with E-state index in [4.69, 9.17) is 0 Å². The fourth-order valence-electron chi connectivity index (χ4n) is 1.70. The van der Waals surface area contributed by atoms with Gasteiger partial charge in [-0.3, -0.25) is 0 Å². The smallest absolute Gasteiger partial charge is 0.146 e. The lowest BCUT2D eigenvalue weighted by molar-refractivity contribution is 0.621. The predicted octanol–water partition coefficient (Wildman–Crippen LogP) is 2.72. The van der Waals surface area contributed by atoms with Gasteiger partial charge < -0.3 is 10.2 Å². The lowest BCUT2D eigenvalue weighted by Crippen LogP contribution is -2.24. The maximum absolute atomic E-state index is 13.8. The van der Waals surface area contributed by atoms with Gasteiger partial charge in [-0.15, -0.1) is 13.2 Å². The molecule has 1 rings (SSSR count). The van der Waals surface area contributed by atoms with E-state index in [0.29, 0.717) is 18.8 Å². The first kappa shape index (κ1) is 13.5. The average Bonchev–Trinajstić information content (AvgIpc) is 2.32. The van der Waals surface area contributed by atoms with Crippen molar-refractivity contribution in [3.05, 3.63) is 54.9 Å². The maximum Gasteiger partial charge on any atom is 0.146 e. The number of rotatable bonds is 7. The molecule has 0 aliphatic carbocycles. The van der Waals surface area contributed by atoms with Crippen molar-refractivity contribution in [2.75, 3.05) is 25.0 Å². The molecule has 0 aliphatic rings. The molecule has 0 aliphatic heterocycles. The van der Waals surface area contributed by atoms with Crippen molar-refractivity contribution >= 4 is 5.69 Å². The van der Waals surface area contributed by atoms with Crippen LogP contribution in [0.4, 0.5) is 10.1 Å². The molecule has 0 amide bonds. The van der Waals surface area contributed by atoms with Crippen LogP contribution >= 0.6 is 0 Å². The summed E-state index contributed by atoms with van der Waals surface area (Å²) in [6.45, 7) is 9.30. The number of nitrogens with one attached hydrogen (secondary N) is 1. The Labute approximate surface area is 102 Å². The Morgan fingerprint density at radius 3 is 2.47 bits per heavy atom. The van der Waals surface area contributed by atoms with Crippen molar-refractivity contribution in [2.45, 2.75) is 6.54 Å². The number of hydrogen-bond donors (Lipinski definition) is 1. The molecule has 0 fully saturated rings. The second-order valence-electron chi connectivity index (χ2n) is 3.80. The Hall–Kier alpha value is -1.61. The predicted molar refractivity (Wildman–Crippen MR) is 71.8 cm³/mol. The highest BCUT2D eigenvalue weighted by atomic mass is 19.1. The largest absolute Gasteiger partial charge is 0.362 e. The van der Waals surface area contributed by atoms with Crippen LogP contribution < -0.4 is 10.2 Å². The summed E-state index contributed by atoms with van der Waals surface area (Å²) in [6.07, 6.45) is 3.52. The van der Waals surface area contributed by atoms with E-state index in [1.165, 1.54) is 6.07 Å². The van der Waals surface area contributed by atoms with Crippen LogP contribution in [-0.4, -0.2) is 20.1 Å². The van der Waals surface area contributed by atoms with E-state index in [1.807, 2.05) is 18.0 Å². The Balaban J connectivity index is 3.01. The first-order chi connectivity index (χ1) is 8.22. The van der Waals surface area contributed by atoms with Gasteiger partial charge in [0.2, 0.25) is 0 Å². The molecule has 3 heteroatoms. The molecule has 0 bridgehead atoms. The third-order valence-electron chi connectivity index (χ3n) is 2.43. The second kappa shape index (κ2) is 6.86. The van der Waals surface area contributed by atoms with Gasteiger partial charge in [0.05, 0.1) is 5.69 Å². The third kappa shape index (κ3) is 3.71. The van der Waals surface area contributed by atoms with Gasteiger partial charge in [0.1, 0.15) is 5.82 Å². The molecule has 0 spiro atoms. The summed E-state index contributed by atoms with van der Waals surface area (Å²) in [5, 5.41) is 3.05. The summed E-state index contributed by atoms with van der Waals surface area (Å²) in [7, 11) is 1.87. The van der Waals surface area contributed by atoms with Crippen molar-refractivity contribution < 1.29 is 4.39 Å². The summed E-state index contributed by atoms with van der Waals surface area (Å²) in [6, 6.07) is 5.15. The Bertz CT molecular complexity index is 378. The van der Waals surface area contributed by atoms with Crippen LogP contribution in [-0.2, 0) is 6.54 Å². The first-order valence-corrected chi connectivity index (χ1v) is 5.62. The molecule has 1 N–H and O–H groups in total. The molecule has 17 heavy (non-hydrogen) atoms. The van der Waals surface area contributed by atoms with Crippen LogP contribution in [0.1, 0.15) is 5.56 Å². The fourth-order valence-corrected chi connectivity index (χ4v) is 1.70. The van der Waals surface area contributed by atoms with Gasteiger partial charge in [-0.25, -0.2) is 4.39 Å². The third-order valence-corrected chi connectivity index (χ3v) is 2.43. The Morgan fingerprint density at radius 2 is 1.94 bits per heavy atom. The molecule has 2 nitrogen and oxygen atoms in total. The maximum atomic E-state index is 13.8. The van der Waals surface area contributed by atoms with Gasteiger partial charge in [-0.1, -0.05) is 18.2 Å². The van der Waals surface area contributed by atoms with Crippen molar-refractivity contribution in [2.24, 2.45) is 0 Å². The molecule has 0 saturated heterocycles. The van der Waals surface area contributed by atoms with Gasteiger partial charge in [0, 0.05) is 19.6 Å². The highest BCUT2D eigenvalue weighted by Crippen LogP contribution is 2.21. The van der Waals surface area contributed by atoms with Gasteiger partial charge >= 0.3 is 0 Å². The quantitative estimate of drug-likeness (QED) is 0.730. The van der Waals surface area contributed by atoms with Crippen molar-refractivity contribution in [3.8, 4) is 0 Å². The van der Waals surface area contributed by atoms with Crippen LogP contribution in [0.3, 0.4) is 0 Å². The Kier molecular flexibility index (Phi) is 5.43. The van der Waals surface area contributed by atoms with Gasteiger partial charge in [0.25, 0.3) is 0 Å². The standard InChI is InChI=1S/C14H19FN2/c1-4-8-17(9-5-2)14-10-12(11-16-3)6-7-13(14)15/h4-7,10,16H,1-2,8-9,11H2,3H3. The monoisotopic (exact) mass is 234 g/mol. The first-order valence-electron chi connectivity index (χ1n) is 5.62. The van der Waals surface area contributed by atoms with Gasteiger partial charge in [0.15, 0.2) is 0 Å². The van der Waals surface area contributed by atoms with Gasteiger partial charge in [-0.05, 0) is 24.7 Å². The molecule has 0 aromatic heterocycles. The normalized spacial score (nSPS) is 10.0. The molecule has 0 unspecified atom stereocenters. The zero-order valence-corrected chi connectivity index (χ0v) is 10.2. The zero-order chi connectivity index (χ0) is 12.7. The summed E-state index contributed by atoms with van der Waals surface area (Å²) in [4.78, 5) is 1.90. The highest BCUT2D eigenvalue weighted by molar-refractivity contribution is 5.51. The average molecular weight is 234 g/mol. The minimum absolute atomic E-state index is 0.214. The van der Waals surface area contributed by atoms with Crippen molar-refractivity contribution in [1.82, 2.24) is 5.32 Å². The molecule has 92 valence electrons. The molecule has 1 aromatic carbocycles. The lowest BCUT2D eigenvalue weighted by Gasteiger charge is -2.22. The molecule has 1 aromatic rings. The van der Waals surface area contributed by atoms with Crippen molar-refractivity contribution in [3.63, 3.8) is 0 Å². The second-order valence-corrected chi connectivity index (χ2v) is 3.80. The van der Waals surface area contributed by atoms with Crippen molar-refractivity contribution in [1.29, 1.82) is 0 Å². The summed E-state index contributed by atoms with van der Waals surface area (Å²) < 4.78 is 13.8. The highest BCUT2D eigenvalue weighted by Gasteiger charge is 2.09.